The molecule has 4 heteroatoms. The van der Waals surface area contributed by atoms with Gasteiger partial charge in [-0.2, -0.15) is 0 Å². The molecule has 5 aromatic rings. The standard InChI is InChI=1S/C25H17N3O/c29-25-23(20-11-10-18-6-1-2-7-19(18)14-20)15-21(24-9-3-4-13-27-24)17-28(25)22-8-5-12-26-16-22/h1-17H. The number of hydrogen-bond acceptors (Lipinski definition) is 3. The maximum absolute atomic E-state index is 13.4. The lowest BCUT2D eigenvalue weighted by Gasteiger charge is -2.12. The Morgan fingerprint density at radius 2 is 1.59 bits per heavy atom. The van der Waals surface area contributed by atoms with Crippen LogP contribution in [0, 0.1) is 0 Å². The normalized spacial score (nSPS) is 10.9. The zero-order valence-electron chi connectivity index (χ0n) is 15.6. The van der Waals surface area contributed by atoms with Crippen molar-refractivity contribution >= 4 is 10.8 Å². The average Bonchev–Trinajstić information content (AvgIpc) is 2.80. The average molecular weight is 375 g/mol. The summed E-state index contributed by atoms with van der Waals surface area (Å²) < 4.78 is 1.64. The second kappa shape index (κ2) is 7.17. The van der Waals surface area contributed by atoms with Crippen LogP contribution in [0.25, 0.3) is 38.8 Å². The van der Waals surface area contributed by atoms with E-state index in [1.54, 1.807) is 23.2 Å². The summed E-state index contributed by atoms with van der Waals surface area (Å²) in [4.78, 5) is 22.0. The third-order valence-corrected chi connectivity index (χ3v) is 4.96. The largest absolute Gasteiger partial charge is 0.282 e. The summed E-state index contributed by atoms with van der Waals surface area (Å²) in [5, 5.41) is 2.24. The molecule has 29 heavy (non-hydrogen) atoms. The van der Waals surface area contributed by atoms with Crippen LogP contribution >= 0.6 is 0 Å². The Morgan fingerprint density at radius 1 is 0.724 bits per heavy atom. The van der Waals surface area contributed by atoms with Crippen LogP contribution in [0.2, 0.25) is 0 Å². The lowest BCUT2D eigenvalue weighted by Crippen LogP contribution is -2.20. The van der Waals surface area contributed by atoms with Crippen LogP contribution in [0.3, 0.4) is 0 Å². The molecule has 0 N–H and O–H groups in total. The molecule has 0 saturated heterocycles. The number of rotatable bonds is 3. The SMILES string of the molecule is O=c1c(-c2ccc3ccccc3c2)cc(-c2ccccn2)cn1-c1cccnc1. The van der Waals surface area contributed by atoms with E-state index in [4.69, 9.17) is 0 Å². The summed E-state index contributed by atoms with van der Waals surface area (Å²) >= 11 is 0. The quantitative estimate of drug-likeness (QED) is 0.440. The van der Waals surface area contributed by atoms with Crippen molar-refractivity contribution in [1.29, 1.82) is 0 Å². The predicted octanol–water partition coefficient (Wildman–Crippen LogP) is 5.11. The number of fused-ring (bicyclic) bond motifs is 1. The zero-order chi connectivity index (χ0) is 19.6. The van der Waals surface area contributed by atoms with E-state index in [0.717, 1.165) is 33.3 Å². The Kier molecular flexibility index (Phi) is 4.22. The van der Waals surface area contributed by atoms with Gasteiger partial charge in [-0.25, -0.2) is 0 Å². The van der Waals surface area contributed by atoms with Gasteiger partial charge in [-0.05, 0) is 52.7 Å². The number of pyridine rings is 3. The van der Waals surface area contributed by atoms with E-state index in [9.17, 15) is 4.79 Å². The molecular weight excluding hydrogens is 358 g/mol. The van der Waals surface area contributed by atoms with Crippen LogP contribution in [0.5, 0.6) is 0 Å². The van der Waals surface area contributed by atoms with Gasteiger partial charge in [0, 0.05) is 29.7 Å². The minimum absolute atomic E-state index is 0.0898. The third kappa shape index (κ3) is 3.21. The number of hydrogen-bond donors (Lipinski definition) is 0. The van der Waals surface area contributed by atoms with Crippen LogP contribution in [0.4, 0.5) is 0 Å². The fraction of sp³-hybridized carbons (Fsp3) is 0. The topological polar surface area (TPSA) is 47.8 Å². The summed E-state index contributed by atoms with van der Waals surface area (Å²) in [6.45, 7) is 0. The van der Waals surface area contributed by atoms with E-state index in [1.807, 2.05) is 66.9 Å². The van der Waals surface area contributed by atoms with Crippen LogP contribution < -0.4 is 5.56 Å². The molecule has 138 valence electrons. The molecule has 5 rings (SSSR count). The van der Waals surface area contributed by atoms with Crippen LogP contribution in [0.1, 0.15) is 0 Å². The fourth-order valence-corrected chi connectivity index (χ4v) is 3.51. The maximum Gasteiger partial charge on any atom is 0.263 e. The second-order valence-electron chi connectivity index (χ2n) is 6.81. The van der Waals surface area contributed by atoms with Crippen molar-refractivity contribution in [3.05, 3.63) is 114 Å². The van der Waals surface area contributed by atoms with Crippen LogP contribution in [-0.2, 0) is 0 Å². The van der Waals surface area contributed by atoms with Crippen molar-refractivity contribution in [3.8, 4) is 28.1 Å². The van der Waals surface area contributed by atoms with E-state index in [-0.39, 0.29) is 5.56 Å². The van der Waals surface area contributed by atoms with E-state index in [2.05, 4.69) is 28.2 Å². The highest BCUT2D eigenvalue weighted by atomic mass is 16.1. The first-order valence-corrected chi connectivity index (χ1v) is 9.37. The van der Waals surface area contributed by atoms with Gasteiger partial charge in [-0.3, -0.25) is 19.3 Å². The molecule has 0 atom stereocenters. The Balaban J connectivity index is 1.78. The Morgan fingerprint density at radius 3 is 2.38 bits per heavy atom. The van der Waals surface area contributed by atoms with E-state index >= 15 is 0 Å². The predicted molar refractivity (Wildman–Crippen MR) is 116 cm³/mol. The van der Waals surface area contributed by atoms with Crippen LogP contribution in [0.15, 0.2) is 108 Å². The molecule has 0 saturated carbocycles. The first-order valence-electron chi connectivity index (χ1n) is 9.37. The third-order valence-electron chi connectivity index (χ3n) is 4.96. The molecule has 0 unspecified atom stereocenters. The summed E-state index contributed by atoms with van der Waals surface area (Å²) in [5.74, 6) is 0. The molecule has 0 aliphatic carbocycles. The molecule has 0 bridgehead atoms. The van der Waals surface area contributed by atoms with Gasteiger partial charge in [0.05, 0.1) is 17.6 Å². The summed E-state index contributed by atoms with van der Waals surface area (Å²) in [5.41, 5.74) is 3.82. The van der Waals surface area contributed by atoms with Gasteiger partial charge in [0.15, 0.2) is 0 Å². The van der Waals surface area contributed by atoms with E-state index in [1.165, 1.54) is 0 Å². The van der Waals surface area contributed by atoms with Crippen molar-refractivity contribution in [1.82, 2.24) is 14.5 Å². The van der Waals surface area contributed by atoms with Gasteiger partial charge in [-0.1, -0.05) is 42.5 Å². The molecule has 3 aromatic heterocycles. The Bertz CT molecular complexity index is 1360. The first kappa shape index (κ1) is 17.1. The Hall–Kier alpha value is -4.05. The van der Waals surface area contributed by atoms with Crippen molar-refractivity contribution in [2.45, 2.75) is 0 Å². The maximum atomic E-state index is 13.4. The van der Waals surface area contributed by atoms with Crippen molar-refractivity contribution in [3.63, 3.8) is 0 Å². The van der Waals surface area contributed by atoms with Gasteiger partial charge in [0.1, 0.15) is 0 Å². The molecule has 0 aliphatic rings. The lowest BCUT2D eigenvalue weighted by molar-refractivity contribution is 0.981. The molecule has 0 radical (unpaired) electrons. The minimum atomic E-state index is -0.0898. The van der Waals surface area contributed by atoms with Gasteiger partial charge in [0.2, 0.25) is 0 Å². The summed E-state index contributed by atoms with van der Waals surface area (Å²) in [7, 11) is 0. The molecule has 0 fully saturated rings. The van der Waals surface area contributed by atoms with E-state index in [0.29, 0.717) is 5.56 Å². The number of aromatic nitrogens is 3. The van der Waals surface area contributed by atoms with Crippen molar-refractivity contribution < 1.29 is 0 Å². The molecule has 0 spiro atoms. The van der Waals surface area contributed by atoms with Gasteiger partial charge in [0.25, 0.3) is 5.56 Å². The molecule has 4 nitrogen and oxygen atoms in total. The number of nitrogens with zero attached hydrogens (tertiary/aromatic N) is 3. The zero-order valence-corrected chi connectivity index (χ0v) is 15.6. The second-order valence-corrected chi connectivity index (χ2v) is 6.81. The van der Waals surface area contributed by atoms with Crippen molar-refractivity contribution in [2.24, 2.45) is 0 Å². The number of benzene rings is 2. The van der Waals surface area contributed by atoms with Gasteiger partial charge < -0.3 is 0 Å². The van der Waals surface area contributed by atoms with E-state index < -0.39 is 0 Å². The van der Waals surface area contributed by atoms with Gasteiger partial charge in [-0.15, -0.1) is 0 Å². The first-order chi connectivity index (χ1) is 14.3. The molecule has 3 heterocycles. The minimum Gasteiger partial charge on any atom is -0.282 e. The molecule has 0 amide bonds. The highest BCUT2D eigenvalue weighted by Crippen LogP contribution is 2.26. The molecular formula is C25H17N3O. The monoisotopic (exact) mass is 375 g/mol. The summed E-state index contributed by atoms with van der Waals surface area (Å²) in [6, 6.07) is 25.6. The smallest absolute Gasteiger partial charge is 0.263 e. The molecule has 0 aliphatic heterocycles. The van der Waals surface area contributed by atoms with Gasteiger partial charge >= 0.3 is 0 Å². The highest BCUT2D eigenvalue weighted by molar-refractivity contribution is 5.87. The van der Waals surface area contributed by atoms with Crippen LogP contribution in [-0.4, -0.2) is 14.5 Å². The highest BCUT2D eigenvalue weighted by Gasteiger charge is 2.13. The van der Waals surface area contributed by atoms with Crippen molar-refractivity contribution in [2.75, 3.05) is 0 Å². The summed E-state index contributed by atoms with van der Waals surface area (Å²) in [6.07, 6.45) is 6.96. The molecule has 2 aromatic carbocycles. The fourth-order valence-electron chi connectivity index (χ4n) is 3.51. The lowest BCUT2D eigenvalue weighted by atomic mass is 10.0. The Labute approximate surface area is 167 Å².